The Balaban J connectivity index is 1.89. The molecule has 6 nitrogen and oxygen atoms in total. The maximum absolute atomic E-state index is 5.85. The fraction of sp³-hybridized carbons (Fsp3) is 0.550. The van der Waals surface area contributed by atoms with E-state index in [0.717, 1.165) is 30.5 Å². The number of fused-ring (bicyclic) bond motifs is 1. The predicted molar refractivity (Wildman–Crippen MR) is 104 cm³/mol. The van der Waals surface area contributed by atoms with Crippen molar-refractivity contribution in [2.45, 2.75) is 19.8 Å². The van der Waals surface area contributed by atoms with Crippen LogP contribution in [0.4, 0.5) is 5.69 Å². The van der Waals surface area contributed by atoms with Crippen molar-refractivity contribution in [3.63, 3.8) is 0 Å². The number of rotatable bonds is 7. The molecule has 142 valence electrons. The third kappa shape index (κ3) is 3.86. The average Bonchev–Trinajstić information content (AvgIpc) is 2.70. The first-order valence-electron chi connectivity index (χ1n) is 9.21. The summed E-state index contributed by atoms with van der Waals surface area (Å²) in [4.78, 5) is 6.95. The summed E-state index contributed by atoms with van der Waals surface area (Å²) in [7, 11) is 3.24. The van der Waals surface area contributed by atoms with Gasteiger partial charge >= 0.3 is 0 Å². The summed E-state index contributed by atoms with van der Waals surface area (Å²) in [5, 5.41) is 1.07. The number of hydrogen-bond acceptors (Lipinski definition) is 6. The fourth-order valence-electron chi connectivity index (χ4n) is 3.71. The Kier molecular flexibility index (Phi) is 6.16. The van der Waals surface area contributed by atoms with Gasteiger partial charge in [-0.1, -0.05) is 6.92 Å². The van der Waals surface area contributed by atoms with E-state index in [9.17, 15) is 0 Å². The second-order valence-electron chi connectivity index (χ2n) is 6.94. The van der Waals surface area contributed by atoms with Crippen molar-refractivity contribution in [3.8, 4) is 11.5 Å². The maximum Gasteiger partial charge on any atom is 0.188 e. The van der Waals surface area contributed by atoms with Crippen molar-refractivity contribution in [2.75, 3.05) is 45.5 Å². The summed E-state index contributed by atoms with van der Waals surface area (Å²) >= 11 is 0. The molecule has 6 heteroatoms. The van der Waals surface area contributed by atoms with Gasteiger partial charge in [0.1, 0.15) is 0 Å². The summed E-state index contributed by atoms with van der Waals surface area (Å²) in [5.41, 5.74) is 7.95. The Morgan fingerprint density at radius 1 is 1.23 bits per heavy atom. The molecule has 0 spiro atoms. The van der Waals surface area contributed by atoms with Crippen LogP contribution in [0, 0.1) is 11.8 Å². The van der Waals surface area contributed by atoms with Gasteiger partial charge < -0.3 is 24.8 Å². The van der Waals surface area contributed by atoms with Gasteiger partial charge in [0.2, 0.25) is 0 Å². The lowest BCUT2D eigenvalue weighted by Gasteiger charge is -2.36. The molecule has 2 heterocycles. The van der Waals surface area contributed by atoms with Crippen molar-refractivity contribution >= 4 is 16.6 Å². The lowest BCUT2D eigenvalue weighted by Crippen LogP contribution is -2.37. The smallest absolute Gasteiger partial charge is 0.188 e. The third-order valence-corrected chi connectivity index (χ3v) is 5.39. The van der Waals surface area contributed by atoms with Crippen LogP contribution >= 0.6 is 0 Å². The highest BCUT2D eigenvalue weighted by molar-refractivity contribution is 5.94. The van der Waals surface area contributed by atoms with Crippen LogP contribution in [0.3, 0.4) is 0 Å². The first-order chi connectivity index (χ1) is 12.7. The molecule has 0 radical (unpaired) electrons. The van der Waals surface area contributed by atoms with Crippen molar-refractivity contribution in [1.82, 2.24) is 4.98 Å². The van der Waals surface area contributed by atoms with Crippen LogP contribution in [-0.4, -0.2) is 45.6 Å². The van der Waals surface area contributed by atoms with Gasteiger partial charge in [-0.3, -0.25) is 4.98 Å². The van der Waals surface area contributed by atoms with Gasteiger partial charge in [0.05, 0.1) is 12.6 Å². The number of benzene rings is 1. The monoisotopic (exact) mass is 359 g/mol. The molecule has 1 fully saturated rings. The number of aromatic nitrogens is 1. The summed E-state index contributed by atoms with van der Waals surface area (Å²) in [6.07, 6.45) is 4.21. The van der Waals surface area contributed by atoms with Gasteiger partial charge in [-0.25, -0.2) is 0 Å². The number of anilines is 1. The van der Waals surface area contributed by atoms with Gasteiger partial charge in [-0.15, -0.1) is 0 Å². The largest absolute Gasteiger partial charge is 0.493 e. The minimum absolute atomic E-state index is 0.180. The van der Waals surface area contributed by atoms with E-state index in [4.69, 9.17) is 19.9 Å². The number of piperidine rings is 1. The van der Waals surface area contributed by atoms with Crippen LogP contribution < -0.4 is 20.1 Å². The van der Waals surface area contributed by atoms with Crippen LogP contribution in [0.25, 0.3) is 10.9 Å². The molecular weight excluding hydrogens is 330 g/mol. The zero-order valence-corrected chi connectivity index (χ0v) is 15.9. The Labute approximate surface area is 155 Å². The van der Waals surface area contributed by atoms with Crippen LogP contribution in [0.15, 0.2) is 24.4 Å². The zero-order chi connectivity index (χ0) is 18.5. The second-order valence-corrected chi connectivity index (χ2v) is 6.94. The molecule has 26 heavy (non-hydrogen) atoms. The van der Waals surface area contributed by atoms with E-state index in [0.29, 0.717) is 23.3 Å². The molecule has 2 aromatic rings. The quantitative estimate of drug-likeness (QED) is 0.766. The minimum Gasteiger partial charge on any atom is -0.493 e. The van der Waals surface area contributed by atoms with Crippen LogP contribution in [-0.2, 0) is 4.74 Å². The van der Waals surface area contributed by atoms with E-state index >= 15 is 0 Å². The van der Waals surface area contributed by atoms with Crippen LogP contribution in [0.2, 0.25) is 0 Å². The molecule has 1 aliphatic heterocycles. The lowest BCUT2D eigenvalue weighted by molar-refractivity contribution is 0.0493. The molecule has 0 saturated carbocycles. The molecule has 3 rings (SSSR count). The van der Waals surface area contributed by atoms with E-state index in [1.165, 1.54) is 18.5 Å². The molecule has 1 aromatic heterocycles. The Morgan fingerprint density at radius 3 is 2.65 bits per heavy atom. The lowest BCUT2D eigenvalue weighted by atomic mass is 9.85. The molecule has 1 saturated heterocycles. The summed E-state index contributed by atoms with van der Waals surface area (Å²) in [5.74, 6) is 2.63. The first kappa shape index (κ1) is 18.7. The number of nitrogens with two attached hydrogens (primary N) is 1. The van der Waals surface area contributed by atoms with Crippen LogP contribution in [0.1, 0.15) is 19.8 Å². The van der Waals surface area contributed by atoms with E-state index in [1.807, 2.05) is 18.3 Å². The van der Waals surface area contributed by atoms with Gasteiger partial charge in [0.15, 0.2) is 18.3 Å². The molecule has 0 amide bonds. The molecule has 0 aliphatic carbocycles. The highest BCUT2D eigenvalue weighted by Gasteiger charge is 2.24. The Bertz CT molecular complexity index is 730. The van der Waals surface area contributed by atoms with Gasteiger partial charge in [-0.2, -0.15) is 0 Å². The molecule has 1 aliphatic rings. The highest BCUT2D eigenvalue weighted by atomic mass is 16.7. The molecule has 1 atom stereocenters. The number of pyridine rings is 1. The van der Waals surface area contributed by atoms with Crippen molar-refractivity contribution in [2.24, 2.45) is 17.6 Å². The number of ether oxygens (including phenoxy) is 3. The van der Waals surface area contributed by atoms with E-state index in [2.05, 4.69) is 22.9 Å². The van der Waals surface area contributed by atoms with Crippen molar-refractivity contribution < 1.29 is 14.2 Å². The number of hydrogen-bond donors (Lipinski definition) is 1. The normalized spacial score (nSPS) is 16.7. The summed E-state index contributed by atoms with van der Waals surface area (Å²) in [6, 6.07) is 6.01. The third-order valence-electron chi connectivity index (χ3n) is 5.39. The number of nitrogens with zero attached hydrogens (tertiary/aromatic N) is 2. The number of methoxy groups -OCH3 is 2. The molecule has 0 unspecified atom stereocenters. The molecule has 1 aromatic carbocycles. The van der Waals surface area contributed by atoms with Crippen molar-refractivity contribution in [1.29, 1.82) is 0 Å². The van der Waals surface area contributed by atoms with E-state index in [1.54, 1.807) is 14.2 Å². The average molecular weight is 359 g/mol. The fourth-order valence-corrected chi connectivity index (χ4v) is 3.71. The maximum atomic E-state index is 5.85. The van der Waals surface area contributed by atoms with Gasteiger partial charge in [0, 0.05) is 43.5 Å². The first-order valence-corrected chi connectivity index (χ1v) is 9.21. The van der Waals surface area contributed by atoms with Gasteiger partial charge in [0.25, 0.3) is 0 Å². The summed E-state index contributed by atoms with van der Waals surface area (Å²) in [6.45, 7) is 5.28. The predicted octanol–water partition coefficient (Wildman–Crippen LogP) is 3.04. The van der Waals surface area contributed by atoms with E-state index < -0.39 is 0 Å². The standard InChI is InChI=1S/C20H29N3O3/c1-14(12-21)15-5-8-23(9-6-15)18-4-7-22-17-11-19(25-3)20(10-16(17)18)26-13-24-2/h4,7,10-11,14-15H,5-6,8-9,12-13,21H2,1-3H3/t14-/m1/s1. The van der Waals surface area contributed by atoms with Crippen molar-refractivity contribution in [3.05, 3.63) is 24.4 Å². The second kappa shape index (κ2) is 8.56. The summed E-state index contributed by atoms with van der Waals surface area (Å²) < 4.78 is 16.2. The van der Waals surface area contributed by atoms with Crippen LogP contribution in [0.5, 0.6) is 11.5 Å². The highest BCUT2D eigenvalue weighted by Crippen LogP contribution is 2.37. The Hall–Kier alpha value is -2.05. The Morgan fingerprint density at radius 2 is 2.00 bits per heavy atom. The SMILES string of the molecule is COCOc1cc2c(N3CCC([C@H](C)CN)CC3)ccnc2cc1OC. The molecular formula is C20H29N3O3. The minimum atomic E-state index is 0.180. The molecule has 0 bridgehead atoms. The topological polar surface area (TPSA) is 69.8 Å². The van der Waals surface area contributed by atoms with E-state index in [-0.39, 0.29) is 6.79 Å². The van der Waals surface area contributed by atoms with Gasteiger partial charge in [-0.05, 0) is 43.4 Å². The molecule has 2 N–H and O–H groups in total. The zero-order valence-electron chi connectivity index (χ0n) is 15.9.